The molecule has 5 nitrogen and oxygen atoms in total. The van der Waals surface area contributed by atoms with Gasteiger partial charge in [0.05, 0.1) is 19.8 Å². The second-order valence-electron chi connectivity index (χ2n) is 3.78. The molecule has 0 saturated heterocycles. The Kier molecular flexibility index (Phi) is 3.32. The van der Waals surface area contributed by atoms with Crippen molar-refractivity contribution in [3.05, 3.63) is 30.0 Å². The predicted octanol–water partition coefficient (Wildman–Crippen LogP) is 2.05. The molecule has 0 aliphatic carbocycles. The van der Waals surface area contributed by atoms with E-state index in [1.54, 1.807) is 26.5 Å². The number of benzene rings is 1. The van der Waals surface area contributed by atoms with Gasteiger partial charge in [0.15, 0.2) is 5.82 Å². The number of nitrogens with zero attached hydrogens (tertiary/aromatic N) is 2. The van der Waals surface area contributed by atoms with E-state index >= 15 is 0 Å². The second-order valence-corrected chi connectivity index (χ2v) is 3.78. The van der Waals surface area contributed by atoms with E-state index < -0.39 is 0 Å². The Morgan fingerprint density at radius 2 is 1.89 bits per heavy atom. The van der Waals surface area contributed by atoms with Crippen molar-refractivity contribution in [1.82, 2.24) is 9.97 Å². The van der Waals surface area contributed by atoms with Crippen LogP contribution in [-0.2, 0) is 0 Å². The molecule has 0 saturated carbocycles. The van der Waals surface area contributed by atoms with Crippen LogP contribution in [0, 0.1) is 6.92 Å². The highest BCUT2D eigenvalue weighted by Gasteiger charge is 2.14. The molecule has 1 aromatic heterocycles. The number of nitrogen functional groups attached to an aromatic ring is 1. The average Bonchev–Trinajstić information content (AvgIpc) is 2.38. The highest BCUT2D eigenvalue weighted by molar-refractivity contribution is 5.69. The largest absolute Gasteiger partial charge is 0.496 e. The molecule has 0 unspecified atom stereocenters. The number of hydrogen-bond acceptors (Lipinski definition) is 5. The van der Waals surface area contributed by atoms with Crippen LogP contribution < -0.4 is 15.2 Å². The van der Waals surface area contributed by atoms with E-state index in [0.717, 1.165) is 16.9 Å². The summed E-state index contributed by atoms with van der Waals surface area (Å²) in [6.45, 7) is 1.92. The molecule has 1 aromatic carbocycles. The highest BCUT2D eigenvalue weighted by Crippen LogP contribution is 2.36. The van der Waals surface area contributed by atoms with Crippen molar-refractivity contribution in [1.29, 1.82) is 0 Å². The molecule has 94 valence electrons. The van der Waals surface area contributed by atoms with Gasteiger partial charge in [-0.15, -0.1) is 0 Å². The third-order valence-corrected chi connectivity index (χ3v) is 2.70. The zero-order valence-electron chi connectivity index (χ0n) is 10.6. The van der Waals surface area contributed by atoms with E-state index in [1.807, 2.05) is 19.1 Å². The summed E-state index contributed by atoms with van der Waals surface area (Å²) < 4.78 is 10.7. The molecule has 0 aliphatic rings. The van der Waals surface area contributed by atoms with E-state index in [0.29, 0.717) is 17.4 Å². The molecule has 18 heavy (non-hydrogen) atoms. The molecule has 2 N–H and O–H groups in total. The fourth-order valence-electron chi connectivity index (χ4n) is 1.84. The summed E-state index contributed by atoms with van der Waals surface area (Å²) in [5, 5.41) is 0. The first-order valence-corrected chi connectivity index (χ1v) is 5.48. The smallest absolute Gasteiger partial charge is 0.165 e. The predicted molar refractivity (Wildman–Crippen MR) is 69.7 cm³/mol. The molecule has 0 spiro atoms. The van der Waals surface area contributed by atoms with Gasteiger partial charge in [-0.3, -0.25) is 0 Å². The standard InChI is InChI=1S/C13H15N3O2/c1-8-10(17-2)5-4-9(12(8)18-3)13-15-7-6-11(14)16-13/h4-7H,1-3H3,(H2,14,15,16). The molecular formula is C13H15N3O2. The summed E-state index contributed by atoms with van der Waals surface area (Å²) in [4.78, 5) is 8.40. The van der Waals surface area contributed by atoms with Crippen molar-refractivity contribution in [2.75, 3.05) is 20.0 Å². The van der Waals surface area contributed by atoms with Crippen molar-refractivity contribution < 1.29 is 9.47 Å². The third-order valence-electron chi connectivity index (χ3n) is 2.70. The lowest BCUT2D eigenvalue weighted by Gasteiger charge is -2.13. The van der Waals surface area contributed by atoms with Gasteiger partial charge in [-0.05, 0) is 25.1 Å². The van der Waals surface area contributed by atoms with Gasteiger partial charge < -0.3 is 15.2 Å². The summed E-state index contributed by atoms with van der Waals surface area (Å²) in [5.74, 6) is 2.42. The topological polar surface area (TPSA) is 70.3 Å². The number of nitrogens with two attached hydrogens (primary N) is 1. The second kappa shape index (κ2) is 4.91. The number of methoxy groups -OCH3 is 2. The molecule has 2 aromatic rings. The lowest BCUT2D eigenvalue weighted by Crippen LogP contribution is -1.99. The normalized spacial score (nSPS) is 10.2. The van der Waals surface area contributed by atoms with Crippen LogP contribution in [0.1, 0.15) is 5.56 Å². The monoisotopic (exact) mass is 245 g/mol. The van der Waals surface area contributed by atoms with E-state index in [4.69, 9.17) is 15.2 Å². The Morgan fingerprint density at radius 1 is 1.11 bits per heavy atom. The third kappa shape index (κ3) is 2.07. The number of aromatic nitrogens is 2. The van der Waals surface area contributed by atoms with Crippen LogP contribution in [0.4, 0.5) is 5.82 Å². The van der Waals surface area contributed by atoms with E-state index in [2.05, 4.69) is 9.97 Å². The Bertz CT molecular complexity index is 570. The van der Waals surface area contributed by atoms with Crippen LogP contribution in [-0.4, -0.2) is 24.2 Å². The Balaban J connectivity index is 2.61. The van der Waals surface area contributed by atoms with Gasteiger partial charge >= 0.3 is 0 Å². The molecule has 2 rings (SSSR count). The SMILES string of the molecule is COc1ccc(-c2nccc(N)n2)c(OC)c1C. The number of ether oxygens (including phenoxy) is 2. The number of rotatable bonds is 3. The summed E-state index contributed by atoms with van der Waals surface area (Å²) in [5.41, 5.74) is 7.37. The number of hydrogen-bond donors (Lipinski definition) is 1. The van der Waals surface area contributed by atoms with Crippen molar-refractivity contribution >= 4 is 5.82 Å². The molecule has 0 aliphatic heterocycles. The van der Waals surface area contributed by atoms with Crippen LogP contribution in [0.3, 0.4) is 0 Å². The minimum atomic E-state index is 0.426. The lowest BCUT2D eigenvalue weighted by molar-refractivity contribution is 0.389. The van der Waals surface area contributed by atoms with E-state index in [1.165, 1.54) is 0 Å². The maximum atomic E-state index is 5.66. The fraction of sp³-hybridized carbons (Fsp3) is 0.231. The minimum absolute atomic E-state index is 0.426. The Morgan fingerprint density at radius 3 is 2.50 bits per heavy atom. The van der Waals surface area contributed by atoms with Crippen molar-refractivity contribution in [3.8, 4) is 22.9 Å². The molecule has 0 atom stereocenters. The first-order valence-electron chi connectivity index (χ1n) is 5.48. The Hall–Kier alpha value is -2.30. The van der Waals surface area contributed by atoms with Crippen LogP contribution in [0.25, 0.3) is 11.4 Å². The molecular weight excluding hydrogens is 230 g/mol. The Labute approximate surface area is 106 Å². The van der Waals surface area contributed by atoms with Gasteiger partial charge in [0, 0.05) is 11.8 Å². The minimum Gasteiger partial charge on any atom is -0.496 e. The van der Waals surface area contributed by atoms with Gasteiger partial charge in [0.2, 0.25) is 0 Å². The summed E-state index contributed by atoms with van der Waals surface area (Å²) >= 11 is 0. The molecule has 0 bridgehead atoms. The molecule has 0 fully saturated rings. The van der Waals surface area contributed by atoms with E-state index in [-0.39, 0.29) is 0 Å². The van der Waals surface area contributed by atoms with Crippen LogP contribution in [0.15, 0.2) is 24.4 Å². The molecule has 0 amide bonds. The molecule has 5 heteroatoms. The van der Waals surface area contributed by atoms with Gasteiger partial charge in [-0.25, -0.2) is 9.97 Å². The van der Waals surface area contributed by atoms with Crippen LogP contribution in [0.2, 0.25) is 0 Å². The van der Waals surface area contributed by atoms with Crippen molar-refractivity contribution in [2.24, 2.45) is 0 Å². The fourth-order valence-corrected chi connectivity index (χ4v) is 1.84. The van der Waals surface area contributed by atoms with Gasteiger partial charge in [0.1, 0.15) is 17.3 Å². The summed E-state index contributed by atoms with van der Waals surface area (Å²) in [6.07, 6.45) is 1.62. The average molecular weight is 245 g/mol. The van der Waals surface area contributed by atoms with Gasteiger partial charge in [0.25, 0.3) is 0 Å². The summed E-state index contributed by atoms with van der Waals surface area (Å²) in [6, 6.07) is 5.37. The number of anilines is 1. The highest BCUT2D eigenvalue weighted by atomic mass is 16.5. The maximum Gasteiger partial charge on any atom is 0.165 e. The zero-order chi connectivity index (χ0) is 13.1. The first kappa shape index (κ1) is 12.2. The quantitative estimate of drug-likeness (QED) is 0.896. The molecule has 1 heterocycles. The molecule has 0 radical (unpaired) electrons. The zero-order valence-corrected chi connectivity index (χ0v) is 10.6. The van der Waals surface area contributed by atoms with Crippen LogP contribution in [0.5, 0.6) is 11.5 Å². The van der Waals surface area contributed by atoms with Gasteiger partial charge in [-0.2, -0.15) is 0 Å². The van der Waals surface area contributed by atoms with Gasteiger partial charge in [-0.1, -0.05) is 0 Å². The summed E-state index contributed by atoms with van der Waals surface area (Å²) in [7, 11) is 3.23. The van der Waals surface area contributed by atoms with Crippen molar-refractivity contribution in [2.45, 2.75) is 6.92 Å². The van der Waals surface area contributed by atoms with E-state index in [9.17, 15) is 0 Å². The van der Waals surface area contributed by atoms with Crippen molar-refractivity contribution in [3.63, 3.8) is 0 Å². The van der Waals surface area contributed by atoms with Crippen LogP contribution >= 0.6 is 0 Å². The lowest BCUT2D eigenvalue weighted by atomic mass is 10.1. The first-order chi connectivity index (χ1) is 8.67. The maximum absolute atomic E-state index is 5.66.